The summed E-state index contributed by atoms with van der Waals surface area (Å²) in [7, 11) is 1.51. The van der Waals surface area contributed by atoms with Crippen LogP contribution in [0.15, 0.2) is 59.0 Å². The summed E-state index contributed by atoms with van der Waals surface area (Å²) in [6, 6.07) is 15.8. The number of fused-ring (bicyclic) bond motifs is 1. The van der Waals surface area contributed by atoms with E-state index in [0.717, 1.165) is 11.1 Å². The summed E-state index contributed by atoms with van der Waals surface area (Å²) < 4.78 is 11.1. The zero-order valence-electron chi connectivity index (χ0n) is 15.6. The van der Waals surface area contributed by atoms with Crippen LogP contribution < -0.4 is 10.1 Å². The summed E-state index contributed by atoms with van der Waals surface area (Å²) in [5.74, 6) is 0.559. The molecule has 0 unspecified atom stereocenters. The number of nitrogens with one attached hydrogen (secondary N) is 1. The number of ether oxygens (including phenoxy) is 1. The van der Waals surface area contributed by atoms with Crippen LogP contribution >= 0.6 is 23.2 Å². The van der Waals surface area contributed by atoms with E-state index in [4.69, 9.17) is 32.4 Å². The van der Waals surface area contributed by atoms with Crippen molar-refractivity contribution in [1.82, 2.24) is 4.98 Å². The minimum atomic E-state index is -0.325. The number of oxazole rings is 1. The molecule has 29 heavy (non-hydrogen) atoms. The van der Waals surface area contributed by atoms with E-state index in [0.29, 0.717) is 44.0 Å². The highest BCUT2D eigenvalue weighted by molar-refractivity contribution is 6.31. The normalized spacial score (nSPS) is 10.9. The van der Waals surface area contributed by atoms with E-state index < -0.39 is 0 Å². The lowest BCUT2D eigenvalue weighted by atomic mass is 10.1. The molecule has 1 amide bonds. The number of aryl methyl sites for hydroxylation is 1. The number of amides is 1. The van der Waals surface area contributed by atoms with Gasteiger partial charge in [0.05, 0.1) is 12.7 Å². The zero-order chi connectivity index (χ0) is 20.5. The first kappa shape index (κ1) is 19.3. The quantitative estimate of drug-likeness (QED) is 0.411. The van der Waals surface area contributed by atoms with Crippen LogP contribution in [0.25, 0.3) is 22.6 Å². The Hall–Kier alpha value is -3.02. The lowest BCUT2D eigenvalue weighted by Crippen LogP contribution is -2.14. The van der Waals surface area contributed by atoms with E-state index in [1.165, 1.54) is 7.11 Å². The summed E-state index contributed by atoms with van der Waals surface area (Å²) in [5.41, 5.74) is 3.91. The second kappa shape index (κ2) is 7.78. The Labute approximate surface area is 177 Å². The lowest BCUT2D eigenvalue weighted by Gasteiger charge is -2.12. The van der Waals surface area contributed by atoms with Crippen molar-refractivity contribution in [2.75, 3.05) is 12.4 Å². The smallest absolute Gasteiger partial charge is 0.259 e. The molecule has 4 rings (SSSR count). The number of carbonyl (C=O) groups is 1. The maximum absolute atomic E-state index is 12.8. The zero-order valence-corrected chi connectivity index (χ0v) is 17.1. The molecule has 0 aliphatic heterocycles. The molecule has 0 saturated heterocycles. The molecule has 0 spiro atoms. The van der Waals surface area contributed by atoms with Crippen molar-refractivity contribution in [3.63, 3.8) is 0 Å². The second-order valence-corrected chi connectivity index (χ2v) is 7.33. The molecular weight excluding hydrogens is 411 g/mol. The molecule has 5 nitrogen and oxygen atoms in total. The summed E-state index contributed by atoms with van der Waals surface area (Å²) in [5, 5.41) is 3.95. The van der Waals surface area contributed by atoms with Crippen molar-refractivity contribution >= 4 is 45.9 Å². The predicted octanol–water partition coefficient (Wildman–Crippen LogP) is 6.37. The maximum atomic E-state index is 12.8. The highest BCUT2D eigenvalue weighted by atomic mass is 35.5. The Bertz CT molecular complexity index is 1230. The highest BCUT2D eigenvalue weighted by Gasteiger charge is 2.16. The van der Waals surface area contributed by atoms with Crippen molar-refractivity contribution < 1.29 is 13.9 Å². The van der Waals surface area contributed by atoms with Crippen molar-refractivity contribution in [3.05, 3.63) is 75.8 Å². The van der Waals surface area contributed by atoms with Crippen LogP contribution in [0.4, 0.5) is 5.69 Å². The van der Waals surface area contributed by atoms with Crippen LogP contribution in [-0.2, 0) is 0 Å². The van der Waals surface area contributed by atoms with Gasteiger partial charge in [-0.15, -0.1) is 0 Å². The maximum Gasteiger partial charge on any atom is 0.259 e. The molecule has 1 N–H and O–H groups in total. The monoisotopic (exact) mass is 426 g/mol. The largest absolute Gasteiger partial charge is 0.496 e. The number of nitrogens with zero attached hydrogens (tertiary/aromatic N) is 1. The van der Waals surface area contributed by atoms with Crippen molar-refractivity contribution in [3.8, 4) is 17.2 Å². The number of hydrogen-bond donors (Lipinski definition) is 1. The summed E-state index contributed by atoms with van der Waals surface area (Å²) in [6.07, 6.45) is 0. The summed E-state index contributed by atoms with van der Waals surface area (Å²) in [6.45, 7) is 1.90. The van der Waals surface area contributed by atoms with Gasteiger partial charge in [0.2, 0.25) is 5.89 Å². The van der Waals surface area contributed by atoms with Crippen LogP contribution in [0.1, 0.15) is 15.9 Å². The van der Waals surface area contributed by atoms with Crippen LogP contribution in [0.5, 0.6) is 5.75 Å². The van der Waals surface area contributed by atoms with Crippen molar-refractivity contribution in [1.29, 1.82) is 0 Å². The number of aromatic nitrogens is 1. The third-order valence-corrected chi connectivity index (χ3v) is 4.96. The molecule has 0 atom stereocenters. The predicted molar refractivity (Wildman–Crippen MR) is 115 cm³/mol. The average molecular weight is 427 g/mol. The first-order chi connectivity index (χ1) is 13.9. The average Bonchev–Trinajstić information content (AvgIpc) is 3.12. The SMILES string of the molecule is COc1ccc(Cl)cc1C(=O)Nc1cc(-c2nc3cc(Cl)ccc3o2)ccc1C. The molecule has 0 bridgehead atoms. The van der Waals surface area contributed by atoms with E-state index in [1.807, 2.05) is 25.1 Å². The summed E-state index contributed by atoms with van der Waals surface area (Å²) in [4.78, 5) is 17.3. The molecule has 4 aromatic rings. The minimum Gasteiger partial charge on any atom is -0.496 e. The van der Waals surface area contributed by atoms with Gasteiger partial charge in [0.1, 0.15) is 11.3 Å². The third-order valence-electron chi connectivity index (χ3n) is 4.49. The molecule has 0 aliphatic carbocycles. The van der Waals surface area contributed by atoms with Crippen LogP contribution in [0.3, 0.4) is 0 Å². The first-order valence-corrected chi connectivity index (χ1v) is 9.52. The van der Waals surface area contributed by atoms with E-state index in [9.17, 15) is 4.79 Å². The highest BCUT2D eigenvalue weighted by Crippen LogP contribution is 2.30. The van der Waals surface area contributed by atoms with Gasteiger partial charge in [-0.3, -0.25) is 4.79 Å². The number of anilines is 1. The van der Waals surface area contributed by atoms with Gasteiger partial charge >= 0.3 is 0 Å². The topological polar surface area (TPSA) is 64.4 Å². The van der Waals surface area contributed by atoms with E-state index in [-0.39, 0.29) is 5.91 Å². The number of hydrogen-bond acceptors (Lipinski definition) is 4. The third kappa shape index (κ3) is 3.92. The van der Waals surface area contributed by atoms with Gasteiger partial charge in [-0.1, -0.05) is 29.3 Å². The van der Waals surface area contributed by atoms with Gasteiger partial charge in [-0.2, -0.15) is 0 Å². The number of halogens is 2. The molecule has 1 aromatic heterocycles. The standard InChI is InChI=1S/C22H16Cl2N2O3/c1-12-3-4-13(22-26-18-11-15(24)6-8-20(18)29-22)9-17(12)25-21(27)16-10-14(23)5-7-19(16)28-2/h3-11H,1-2H3,(H,25,27). The fourth-order valence-electron chi connectivity index (χ4n) is 2.96. The number of rotatable bonds is 4. The van der Waals surface area contributed by atoms with Crippen LogP contribution in [0, 0.1) is 6.92 Å². The number of methoxy groups -OCH3 is 1. The van der Waals surface area contributed by atoms with Gasteiger partial charge in [-0.05, 0) is 61.0 Å². The van der Waals surface area contributed by atoms with Crippen LogP contribution in [0.2, 0.25) is 10.0 Å². The minimum absolute atomic E-state index is 0.325. The Morgan fingerprint density at radius 1 is 1.03 bits per heavy atom. The Morgan fingerprint density at radius 3 is 2.59 bits per heavy atom. The molecule has 146 valence electrons. The number of benzene rings is 3. The van der Waals surface area contributed by atoms with Gasteiger partial charge in [0.15, 0.2) is 5.58 Å². The first-order valence-electron chi connectivity index (χ1n) is 8.76. The molecule has 0 radical (unpaired) electrons. The lowest BCUT2D eigenvalue weighted by molar-refractivity contribution is 0.102. The van der Waals surface area contributed by atoms with E-state index >= 15 is 0 Å². The molecule has 7 heteroatoms. The molecule has 0 fully saturated rings. The fourth-order valence-corrected chi connectivity index (χ4v) is 3.30. The van der Waals surface area contributed by atoms with E-state index in [2.05, 4.69) is 10.3 Å². The van der Waals surface area contributed by atoms with Crippen molar-refractivity contribution in [2.24, 2.45) is 0 Å². The van der Waals surface area contributed by atoms with Gasteiger partial charge in [0.25, 0.3) is 5.91 Å². The van der Waals surface area contributed by atoms with Crippen molar-refractivity contribution in [2.45, 2.75) is 6.92 Å². The second-order valence-electron chi connectivity index (χ2n) is 6.46. The molecule has 1 heterocycles. The van der Waals surface area contributed by atoms with Gasteiger partial charge in [0, 0.05) is 21.3 Å². The Kier molecular flexibility index (Phi) is 5.18. The fraction of sp³-hybridized carbons (Fsp3) is 0.0909. The molecule has 3 aromatic carbocycles. The van der Waals surface area contributed by atoms with E-state index in [1.54, 1.807) is 36.4 Å². The summed E-state index contributed by atoms with van der Waals surface area (Å²) >= 11 is 12.1. The van der Waals surface area contributed by atoms with Crippen LogP contribution in [-0.4, -0.2) is 18.0 Å². The van der Waals surface area contributed by atoms with Gasteiger partial charge in [-0.25, -0.2) is 4.98 Å². The Morgan fingerprint density at radius 2 is 1.79 bits per heavy atom. The van der Waals surface area contributed by atoms with Gasteiger partial charge < -0.3 is 14.5 Å². The molecular formula is C22H16Cl2N2O3. The number of carbonyl (C=O) groups excluding carboxylic acids is 1. The molecule has 0 aliphatic rings. The Balaban J connectivity index is 1.68. The molecule has 0 saturated carbocycles.